The van der Waals surface area contributed by atoms with Crippen molar-refractivity contribution in [1.82, 2.24) is 19.6 Å². The van der Waals surface area contributed by atoms with Crippen LogP contribution in [0.15, 0.2) is 39.5 Å². The van der Waals surface area contributed by atoms with Crippen LogP contribution in [0.4, 0.5) is 11.6 Å². The number of nitrogens with zero attached hydrogens (tertiary/aromatic N) is 5. The van der Waals surface area contributed by atoms with E-state index < -0.39 is 4.92 Å². The Bertz CT molecular complexity index is 1440. The zero-order valence-electron chi connectivity index (χ0n) is 20.2. The number of aromatic nitrogens is 4. The summed E-state index contributed by atoms with van der Waals surface area (Å²) in [5.41, 5.74) is 0.497. The minimum atomic E-state index is -0.456. The van der Waals surface area contributed by atoms with Gasteiger partial charge in [-0.3, -0.25) is 9.48 Å². The zero-order valence-corrected chi connectivity index (χ0v) is 24.9. The molecule has 0 saturated heterocycles. The lowest BCUT2D eigenvalue weighted by molar-refractivity contribution is -0.390. The minimum absolute atomic E-state index is 0.0739. The van der Waals surface area contributed by atoms with Gasteiger partial charge in [-0.15, -0.1) is 0 Å². The standard InChI is InChI=1S/C25H24Br2Cl2N6O3/c26-17-11-33(10-14-1-2-19(28)20(29)4-14)31-22(17)30-21(36)9-24-5-15-3-16(6-24)8-25(7-15,13-24)34-12-18(27)23(32-34)35(37)38/h1-2,4,11-12,15-16H,3,5-10,13H2,(H,30,31,36). The van der Waals surface area contributed by atoms with Crippen molar-refractivity contribution in [3.8, 4) is 0 Å². The molecule has 4 aliphatic carbocycles. The summed E-state index contributed by atoms with van der Waals surface area (Å²) in [6.07, 6.45) is 9.78. The molecule has 0 aliphatic heterocycles. The number of rotatable bonds is 7. The Hall–Kier alpha value is -1.95. The van der Waals surface area contributed by atoms with Gasteiger partial charge in [0.05, 0.1) is 37.9 Å². The van der Waals surface area contributed by atoms with E-state index in [1.165, 1.54) is 0 Å². The van der Waals surface area contributed by atoms with Crippen LogP contribution in [0.2, 0.25) is 10.0 Å². The Kier molecular flexibility index (Phi) is 6.64. The van der Waals surface area contributed by atoms with E-state index in [0.29, 0.717) is 49.6 Å². The number of carbonyl (C=O) groups is 1. The van der Waals surface area contributed by atoms with Crippen molar-refractivity contribution in [2.24, 2.45) is 17.3 Å². The largest absolute Gasteiger partial charge is 0.404 e. The molecule has 0 spiro atoms. The smallest absolute Gasteiger partial charge is 0.358 e. The molecule has 2 atom stereocenters. The predicted octanol–water partition coefficient (Wildman–Crippen LogP) is 7.19. The van der Waals surface area contributed by atoms with Crippen LogP contribution in [0.3, 0.4) is 0 Å². The molecule has 4 saturated carbocycles. The highest BCUT2D eigenvalue weighted by Gasteiger charge is 2.60. The summed E-state index contributed by atoms with van der Waals surface area (Å²) >= 11 is 19.0. The molecule has 0 radical (unpaired) electrons. The molecular weight excluding hydrogens is 663 g/mol. The molecule has 1 N–H and O–H groups in total. The number of halogens is 4. The Morgan fingerprint density at radius 2 is 1.84 bits per heavy atom. The number of nitro groups is 1. The van der Waals surface area contributed by atoms with Crippen molar-refractivity contribution < 1.29 is 9.72 Å². The Balaban J connectivity index is 1.18. The molecule has 3 aromatic rings. The summed E-state index contributed by atoms with van der Waals surface area (Å²) in [6.45, 7) is 0.479. The Morgan fingerprint density at radius 3 is 2.50 bits per heavy atom. The zero-order chi connectivity index (χ0) is 26.8. The van der Waals surface area contributed by atoms with E-state index in [1.54, 1.807) is 23.0 Å². The van der Waals surface area contributed by atoms with Crippen molar-refractivity contribution in [3.05, 3.63) is 65.3 Å². The van der Waals surface area contributed by atoms with Crippen LogP contribution in [0.5, 0.6) is 0 Å². The third-order valence-corrected chi connectivity index (χ3v) is 10.2. The first-order valence-electron chi connectivity index (χ1n) is 12.4. The lowest BCUT2D eigenvalue weighted by atomic mass is 9.46. The van der Waals surface area contributed by atoms with Gasteiger partial charge in [0.15, 0.2) is 5.82 Å². The summed E-state index contributed by atoms with van der Waals surface area (Å²) in [4.78, 5) is 24.3. The first kappa shape index (κ1) is 26.3. The maximum absolute atomic E-state index is 13.4. The second-order valence-electron chi connectivity index (χ2n) is 11.2. The second kappa shape index (κ2) is 9.60. The number of amides is 1. The minimum Gasteiger partial charge on any atom is -0.358 e. The van der Waals surface area contributed by atoms with Crippen LogP contribution in [-0.2, 0) is 16.9 Å². The van der Waals surface area contributed by atoms with Gasteiger partial charge in [0.1, 0.15) is 4.47 Å². The van der Waals surface area contributed by atoms with Gasteiger partial charge >= 0.3 is 5.82 Å². The molecule has 9 nitrogen and oxygen atoms in total. The molecule has 4 aliphatic rings. The van der Waals surface area contributed by atoms with Crippen LogP contribution < -0.4 is 5.32 Å². The molecule has 1 aromatic carbocycles. The highest BCUT2D eigenvalue weighted by molar-refractivity contribution is 9.11. The van der Waals surface area contributed by atoms with E-state index in [2.05, 4.69) is 47.4 Å². The van der Waals surface area contributed by atoms with Gasteiger partial charge in [-0.1, -0.05) is 29.3 Å². The van der Waals surface area contributed by atoms with Crippen LogP contribution in [-0.4, -0.2) is 30.4 Å². The van der Waals surface area contributed by atoms with Gasteiger partial charge in [0.25, 0.3) is 0 Å². The monoisotopic (exact) mass is 684 g/mol. The summed E-state index contributed by atoms with van der Waals surface area (Å²) in [5.74, 6) is 1.22. The maximum atomic E-state index is 13.4. The van der Waals surface area contributed by atoms with Crippen LogP contribution in [0.1, 0.15) is 50.5 Å². The predicted molar refractivity (Wildman–Crippen MR) is 150 cm³/mol. The van der Waals surface area contributed by atoms with Gasteiger partial charge in [0, 0.05) is 12.6 Å². The van der Waals surface area contributed by atoms with Gasteiger partial charge in [0.2, 0.25) is 5.91 Å². The average molecular weight is 687 g/mol. The van der Waals surface area contributed by atoms with Crippen molar-refractivity contribution in [1.29, 1.82) is 0 Å². The molecule has 13 heteroatoms. The number of anilines is 1. The number of nitrogens with one attached hydrogen (secondary N) is 1. The molecule has 7 rings (SSSR count). The van der Waals surface area contributed by atoms with Crippen LogP contribution in [0, 0.1) is 27.4 Å². The van der Waals surface area contributed by atoms with Crippen molar-refractivity contribution in [3.63, 3.8) is 0 Å². The van der Waals surface area contributed by atoms with E-state index in [9.17, 15) is 14.9 Å². The highest BCUT2D eigenvalue weighted by Crippen LogP contribution is 2.65. The molecule has 4 fully saturated rings. The first-order chi connectivity index (χ1) is 18.0. The molecule has 200 valence electrons. The van der Waals surface area contributed by atoms with E-state index in [4.69, 9.17) is 23.2 Å². The van der Waals surface area contributed by atoms with E-state index in [-0.39, 0.29) is 22.7 Å². The quantitative estimate of drug-likeness (QED) is 0.209. The lowest BCUT2D eigenvalue weighted by Gasteiger charge is -2.61. The van der Waals surface area contributed by atoms with Gasteiger partial charge < -0.3 is 15.4 Å². The third-order valence-electron chi connectivity index (χ3n) is 8.30. The normalized spacial score (nSPS) is 27.6. The van der Waals surface area contributed by atoms with Crippen LogP contribution >= 0.6 is 55.1 Å². The van der Waals surface area contributed by atoms with Gasteiger partial charge in [-0.2, -0.15) is 9.78 Å². The fraction of sp³-hybridized carbons (Fsp3) is 0.480. The average Bonchev–Trinajstić information content (AvgIpc) is 3.37. The molecule has 2 unspecified atom stereocenters. The molecule has 38 heavy (non-hydrogen) atoms. The van der Waals surface area contributed by atoms with E-state index in [1.807, 2.05) is 16.9 Å². The maximum Gasteiger partial charge on any atom is 0.404 e. The van der Waals surface area contributed by atoms with E-state index >= 15 is 0 Å². The van der Waals surface area contributed by atoms with E-state index in [0.717, 1.165) is 44.1 Å². The molecular formula is C25H24Br2Cl2N6O3. The fourth-order valence-corrected chi connectivity index (χ4v) is 8.65. The Morgan fingerprint density at radius 1 is 1.11 bits per heavy atom. The third kappa shape index (κ3) is 4.80. The van der Waals surface area contributed by atoms with Gasteiger partial charge in [-0.05, 0) is 110 Å². The Labute approximate surface area is 245 Å². The topological polar surface area (TPSA) is 108 Å². The molecule has 4 bridgehead atoms. The summed E-state index contributed by atoms with van der Waals surface area (Å²) in [7, 11) is 0. The summed E-state index contributed by atoms with van der Waals surface area (Å²) < 4.78 is 4.65. The van der Waals surface area contributed by atoms with Crippen molar-refractivity contribution in [2.75, 3.05) is 5.32 Å². The van der Waals surface area contributed by atoms with Crippen LogP contribution in [0.25, 0.3) is 0 Å². The fourth-order valence-electron chi connectivity index (χ4n) is 7.49. The second-order valence-corrected chi connectivity index (χ2v) is 13.7. The number of carbonyl (C=O) groups excluding carboxylic acids is 1. The first-order valence-corrected chi connectivity index (χ1v) is 14.7. The summed E-state index contributed by atoms with van der Waals surface area (Å²) in [5, 5.41) is 24.3. The number of benzene rings is 1. The molecule has 2 heterocycles. The van der Waals surface area contributed by atoms with Crippen molar-refractivity contribution in [2.45, 2.75) is 57.0 Å². The SMILES string of the molecule is O=C(CC12CC3CC(C1)CC(n1cc(Br)c([N+](=O)[O-])n1)(C3)C2)Nc1nn(Cc2ccc(Cl)c(Cl)c2)cc1Br. The van der Waals surface area contributed by atoms with Gasteiger partial charge in [-0.25, -0.2) is 0 Å². The van der Waals surface area contributed by atoms with Crippen molar-refractivity contribution >= 4 is 72.6 Å². The molecule has 2 aromatic heterocycles. The summed E-state index contributed by atoms with van der Waals surface area (Å²) in [6, 6.07) is 5.43. The number of hydrogen-bond acceptors (Lipinski definition) is 5. The lowest BCUT2D eigenvalue weighted by Crippen LogP contribution is -2.57. The highest BCUT2D eigenvalue weighted by atomic mass is 79.9. The molecule has 1 amide bonds. The number of hydrogen-bond donors (Lipinski definition) is 1.